The van der Waals surface area contributed by atoms with Gasteiger partial charge in [0.05, 0.1) is 60.3 Å². The van der Waals surface area contributed by atoms with E-state index >= 15 is 0 Å². The fraction of sp³-hybridized carbons (Fsp3) is 0.649. The number of primary amides is 1. The highest BCUT2D eigenvalue weighted by Gasteiger charge is 2.44. The van der Waals surface area contributed by atoms with Gasteiger partial charge in [-0.15, -0.1) is 11.3 Å². The molecule has 0 unspecified atom stereocenters. The number of unbranched alkanes of at least 4 members (excludes halogenated alkanes) is 1. The number of nitrogens with zero attached hydrogens (tertiary/aromatic N) is 3. The first-order valence-corrected chi connectivity index (χ1v) is 36.9. The van der Waals surface area contributed by atoms with E-state index < -0.39 is 125 Å². The zero-order valence-corrected chi connectivity index (χ0v) is 64.2. The van der Waals surface area contributed by atoms with Crippen molar-refractivity contribution in [3.63, 3.8) is 0 Å². The van der Waals surface area contributed by atoms with Crippen molar-refractivity contribution in [2.24, 2.45) is 35.1 Å². The molecule has 0 aliphatic carbocycles. The summed E-state index contributed by atoms with van der Waals surface area (Å²) >= 11 is 1.47. The van der Waals surface area contributed by atoms with Gasteiger partial charge in [-0.25, -0.2) is 14.6 Å². The van der Waals surface area contributed by atoms with Gasteiger partial charge in [0.1, 0.15) is 41.1 Å². The molecule has 103 heavy (non-hydrogen) atoms. The minimum Gasteiger partial charge on any atom is -0.445 e. The lowest BCUT2D eigenvalue weighted by Gasteiger charge is -2.41. The number of likely N-dealkylation sites (tertiary alicyclic amines) is 1. The molecule has 1 aliphatic rings. The summed E-state index contributed by atoms with van der Waals surface area (Å²) in [5, 5.41) is 28.3. The summed E-state index contributed by atoms with van der Waals surface area (Å²) in [7, 11) is 6.37. The standard InChI is InChI=1S/C74H118N14O14S/c1-17-46(6)62(57(100-15)42-59(91)88-39-24-29-56(88)63(101-16)47(7)64(92)83-55(68-78-38-40-103-68)41-49-25-19-18-20-26-49)87(14)69(96)61(45(4)5)85-70(97)74(11,12)86-72(99)102-43-50-30-32-51(33-31-50)81-66(94)54(28-23-36-79-71(76)98)82-67(95)60(44(2)3)84-65(93)52(75)27-21-22-37-80-73(9,10)58(90)35-34-53(77-13)48(8)89/h18-20,25-26,30-33,38,40,44-47,52-57,60-63,77,80H,17,21-24,27-29,34-37,39,41-43,75H2,1-16H3,(H,81,94)(H,82,95)(H,83,92)(H,84,93)(H,85,97)(H,86,99)(H3,76,79,98)/t46-,47+,52-,53+,54-,55-,56-,57+,60-,61-,62-,63+/m0/s1. The van der Waals surface area contributed by atoms with E-state index in [2.05, 4.69) is 52.8 Å². The van der Waals surface area contributed by atoms with E-state index in [9.17, 15) is 52.7 Å². The molecule has 12 atom stereocenters. The van der Waals surface area contributed by atoms with Crippen LogP contribution in [0, 0.1) is 23.7 Å². The van der Waals surface area contributed by atoms with Crippen molar-refractivity contribution in [3.8, 4) is 0 Å². The molecule has 0 bridgehead atoms. The van der Waals surface area contributed by atoms with Crippen LogP contribution >= 0.6 is 11.3 Å². The van der Waals surface area contributed by atoms with Crippen molar-refractivity contribution in [2.75, 3.05) is 53.3 Å². The van der Waals surface area contributed by atoms with Crippen LogP contribution in [0.4, 0.5) is 15.3 Å². The van der Waals surface area contributed by atoms with Gasteiger partial charge >= 0.3 is 12.1 Å². The Morgan fingerprint density at radius 1 is 0.748 bits per heavy atom. The lowest BCUT2D eigenvalue weighted by atomic mass is 9.89. The predicted molar refractivity (Wildman–Crippen MR) is 396 cm³/mol. The van der Waals surface area contributed by atoms with E-state index in [0.717, 1.165) is 10.6 Å². The SMILES string of the molecule is CC[C@H](C)[C@@H]([C@@H](CC(=O)N1CCC[C@H]1[C@H](OC)[C@@H](C)C(=O)N[C@@H](Cc1ccccc1)c1nccs1)OC)N(C)C(=O)[C@@H](NC(=O)C(C)(C)NC(=O)OCc1ccc(NC(=O)[C@H](CCCNC(N)=O)NC(=O)[C@@H](NC(=O)[C@@H](N)CCCCNC(C)(C)C(=O)CC[C@@H](NC)C(C)=O)C(C)C)cc1)C(C)C. The molecule has 574 valence electrons. The first kappa shape index (κ1) is 87.4. The van der Waals surface area contributed by atoms with Crippen LogP contribution in [0.5, 0.6) is 0 Å². The Morgan fingerprint density at radius 2 is 1.42 bits per heavy atom. The van der Waals surface area contributed by atoms with E-state index in [1.165, 1.54) is 39.2 Å². The number of benzene rings is 2. The van der Waals surface area contributed by atoms with Crippen molar-refractivity contribution < 1.29 is 67.0 Å². The van der Waals surface area contributed by atoms with E-state index in [1.54, 1.807) is 103 Å². The number of aromatic nitrogens is 1. The highest BCUT2D eigenvalue weighted by Crippen LogP contribution is 2.31. The Labute approximate surface area is 612 Å². The summed E-state index contributed by atoms with van der Waals surface area (Å²) in [6, 6.07) is 9.35. The molecular weight excluding hydrogens is 1340 g/mol. The molecule has 2 aromatic carbocycles. The van der Waals surface area contributed by atoms with Crippen LogP contribution in [-0.2, 0) is 70.4 Å². The monoisotopic (exact) mass is 1460 g/mol. The number of Topliss-reactive ketones (excluding diaryl/α,β-unsaturated/α-hetero) is 2. The highest BCUT2D eigenvalue weighted by atomic mass is 32.1. The molecule has 1 saturated heterocycles. The quantitative estimate of drug-likeness (QED) is 0.0302. The number of likely N-dealkylation sites (N-methyl/N-ethyl adjacent to an activating group) is 2. The van der Waals surface area contributed by atoms with Crippen LogP contribution in [0.1, 0.15) is 176 Å². The number of carbonyl (C=O) groups is 11. The van der Waals surface area contributed by atoms with Crippen molar-refractivity contribution in [3.05, 3.63) is 82.3 Å². The fourth-order valence-corrected chi connectivity index (χ4v) is 13.3. The summed E-state index contributed by atoms with van der Waals surface area (Å²) in [4.78, 5) is 156. The lowest BCUT2D eigenvalue weighted by Crippen LogP contribution is -2.62. The maximum atomic E-state index is 14.8. The second-order valence-electron chi connectivity index (χ2n) is 28.7. The van der Waals surface area contributed by atoms with Crippen molar-refractivity contribution in [1.29, 1.82) is 0 Å². The Kier molecular flexibility index (Phi) is 36.3. The van der Waals surface area contributed by atoms with Gasteiger partial charge in [-0.3, -0.25) is 43.2 Å². The number of rotatable bonds is 45. The van der Waals surface area contributed by atoms with Gasteiger partial charge in [0.15, 0.2) is 5.78 Å². The van der Waals surface area contributed by atoms with Crippen molar-refractivity contribution >= 4 is 82.1 Å². The number of hydrogen-bond acceptors (Lipinski definition) is 19. The Hall–Kier alpha value is -7.96. The van der Waals surface area contributed by atoms with Gasteiger partial charge in [-0.05, 0) is 141 Å². The first-order valence-electron chi connectivity index (χ1n) is 36.0. The molecule has 1 aliphatic heterocycles. The number of nitrogens with two attached hydrogens (primary N) is 2. The number of anilines is 1. The molecule has 1 aromatic heterocycles. The summed E-state index contributed by atoms with van der Waals surface area (Å²) < 4.78 is 17.7. The molecule has 1 fully saturated rings. The van der Waals surface area contributed by atoms with Crippen LogP contribution in [0.2, 0.25) is 0 Å². The normalized spacial score (nSPS) is 16.5. The second-order valence-corrected chi connectivity index (χ2v) is 29.6. The molecule has 0 radical (unpaired) electrons. The van der Waals surface area contributed by atoms with Crippen LogP contribution in [-0.4, -0.2) is 193 Å². The molecular formula is C74H118N14O14S. The van der Waals surface area contributed by atoms with Crippen molar-refractivity contribution in [1.82, 2.24) is 57.3 Å². The smallest absolute Gasteiger partial charge is 0.408 e. The van der Waals surface area contributed by atoms with Gasteiger partial charge in [0.25, 0.3) is 0 Å². The number of nitrogens with one attached hydrogen (secondary N) is 9. The largest absolute Gasteiger partial charge is 0.445 e. The third-order valence-corrected chi connectivity index (χ3v) is 20.2. The molecule has 0 spiro atoms. The number of thiazole rings is 1. The molecule has 10 amide bonds. The van der Waals surface area contributed by atoms with Gasteiger partial charge < -0.3 is 83.3 Å². The van der Waals surface area contributed by atoms with E-state index in [1.807, 2.05) is 56.5 Å². The predicted octanol–water partition coefficient (Wildman–Crippen LogP) is 5.71. The van der Waals surface area contributed by atoms with Gasteiger partial charge in [-0.2, -0.15) is 0 Å². The first-order chi connectivity index (χ1) is 48.6. The third-order valence-electron chi connectivity index (χ3n) is 19.3. The molecule has 2 heterocycles. The zero-order valence-electron chi connectivity index (χ0n) is 63.4. The topological polar surface area (TPSA) is 395 Å². The van der Waals surface area contributed by atoms with Crippen LogP contribution in [0.25, 0.3) is 0 Å². The number of amides is 10. The summed E-state index contributed by atoms with van der Waals surface area (Å²) in [5.74, 6) is -5.10. The number of alkyl carbamates (subject to hydrolysis) is 1. The number of urea groups is 1. The Morgan fingerprint density at radius 3 is 2.00 bits per heavy atom. The van der Waals surface area contributed by atoms with Gasteiger partial charge in [-0.1, -0.05) is 104 Å². The molecule has 0 saturated carbocycles. The number of ether oxygens (including phenoxy) is 3. The number of hydrogen-bond donors (Lipinski definition) is 11. The summed E-state index contributed by atoms with van der Waals surface area (Å²) in [6.45, 7) is 21.6. The molecule has 13 N–H and O–H groups in total. The summed E-state index contributed by atoms with van der Waals surface area (Å²) in [6.07, 6.45) is 4.10. The van der Waals surface area contributed by atoms with Crippen LogP contribution in [0.3, 0.4) is 0 Å². The maximum absolute atomic E-state index is 14.8. The van der Waals surface area contributed by atoms with Gasteiger partial charge in [0, 0.05) is 58.0 Å². The molecule has 3 aromatic rings. The average molecular weight is 1460 g/mol. The second kappa shape index (κ2) is 42.7. The Balaban J connectivity index is 1.34. The van der Waals surface area contributed by atoms with Crippen LogP contribution < -0.4 is 59.3 Å². The molecule has 4 rings (SSSR count). The molecule has 28 nitrogen and oxygen atoms in total. The average Bonchev–Trinajstić information content (AvgIpc) is 1.80. The number of carbonyl (C=O) groups excluding carboxylic acids is 11. The van der Waals surface area contributed by atoms with Crippen LogP contribution in [0.15, 0.2) is 66.2 Å². The Bertz CT molecular complexity index is 3230. The van der Waals surface area contributed by atoms with E-state index in [0.29, 0.717) is 69.3 Å². The maximum Gasteiger partial charge on any atom is 0.408 e. The summed E-state index contributed by atoms with van der Waals surface area (Å²) in [5.41, 5.74) is 11.0. The third kappa shape index (κ3) is 27.6. The molecule has 29 heteroatoms. The van der Waals surface area contributed by atoms with E-state index in [-0.39, 0.29) is 80.6 Å². The van der Waals surface area contributed by atoms with Gasteiger partial charge in [0.2, 0.25) is 41.4 Å². The minimum absolute atomic E-state index is 0.0312. The van der Waals surface area contributed by atoms with Crippen molar-refractivity contribution in [2.45, 2.75) is 238 Å². The van der Waals surface area contributed by atoms with E-state index in [4.69, 9.17) is 25.7 Å². The number of ketones is 2. The zero-order chi connectivity index (χ0) is 76.9. The number of methoxy groups -OCH3 is 2. The fourth-order valence-electron chi connectivity index (χ4n) is 12.6. The highest BCUT2D eigenvalue weighted by molar-refractivity contribution is 7.09. The lowest BCUT2D eigenvalue weighted by molar-refractivity contribution is -0.148. The minimum atomic E-state index is -1.60.